The van der Waals surface area contributed by atoms with Gasteiger partial charge in [0.05, 0.1) is 11.7 Å². The molecule has 19 heavy (non-hydrogen) atoms. The van der Waals surface area contributed by atoms with Gasteiger partial charge in [0.2, 0.25) is 0 Å². The second-order valence-electron chi connectivity index (χ2n) is 6.26. The van der Waals surface area contributed by atoms with Crippen LogP contribution in [0.25, 0.3) is 0 Å². The van der Waals surface area contributed by atoms with Crippen LogP contribution in [0.4, 0.5) is 0 Å². The van der Waals surface area contributed by atoms with Crippen LogP contribution in [0, 0.1) is 11.3 Å². The predicted molar refractivity (Wildman–Crippen MR) is 73.7 cm³/mol. The molecule has 1 fully saturated rings. The summed E-state index contributed by atoms with van der Waals surface area (Å²) in [6.07, 6.45) is 5.11. The van der Waals surface area contributed by atoms with E-state index in [1.54, 1.807) is 19.1 Å². The van der Waals surface area contributed by atoms with Crippen molar-refractivity contribution in [3.05, 3.63) is 23.8 Å². The van der Waals surface area contributed by atoms with Gasteiger partial charge < -0.3 is 15.3 Å². The number of hydrogen-bond donors (Lipinski definition) is 3. The number of allylic oxidation sites excluding steroid dienone is 2. The largest absolute Gasteiger partial charge is 0.478 e. The van der Waals surface area contributed by atoms with E-state index in [1.807, 2.05) is 20.8 Å². The van der Waals surface area contributed by atoms with Crippen LogP contribution in [0.15, 0.2) is 23.8 Å². The number of hydrogen-bond acceptors (Lipinski definition) is 3. The molecule has 3 atom stereocenters. The fourth-order valence-electron chi connectivity index (χ4n) is 2.98. The normalized spacial score (nSPS) is 35.6. The lowest BCUT2D eigenvalue weighted by Gasteiger charge is -2.50. The summed E-state index contributed by atoms with van der Waals surface area (Å²) in [6, 6.07) is 0. The first kappa shape index (κ1) is 15.9. The van der Waals surface area contributed by atoms with Crippen molar-refractivity contribution in [2.24, 2.45) is 11.3 Å². The highest BCUT2D eigenvalue weighted by Crippen LogP contribution is 2.48. The molecule has 1 aliphatic carbocycles. The van der Waals surface area contributed by atoms with Crippen molar-refractivity contribution >= 4 is 5.97 Å². The molecule has 1 rings (SSSR count). The molecule has 0 aromatic rings. The van der Waals surface area contributed by atoms with Crippen LogP contribution >= 0.6 is 0 Å². The third kappa shape index (κ3) is 3.45. The molecule has 0 aliphatic heterocycles. The van der Waals surface area contributed by atoms with E-state index in [2.05, 4.69) is 0 Å². The van der Waals surface area contributed by atoms with Gasteiger partial charge in [-0.25, -0.2) is 4.79 Å². The number of carboxylic acids is 1. The van der Waals surface area contributed by atoms with Gasteiger partial charge in [0.1, 0.15) is 0 Å². The maximum Gasteiger partial charge on any atom is 0.328 e. The number of aliphatic carboxylic acids is 1. The van der Waals surface area contributed by atoms with Crippen molar-refractivity contribution in [2.75, 3.05) is 0 Å². The minimum atomic E-state index is -1.04. The minimum Gasteiger partial charge on any atom is -0.478 e. The molecule has 108 valence electrons. The first-order chi connectivity index (χ1) is 8.58. The molecule has 4 nitrogen and oxygen atoms in total. The Kier molecular flexibility index (Phi) is 4.59. The van der Waals surface area contributed by atoms with E-state index in [0.717, 1.165) is 6.08 Å². The molecule has 0 bridgehead atoms. The van der Waals surface area contributed by atoms with Gasteiger partial charge >= 0.3 is 5.97 Å². The lowest BCUT2D eigenvalue weighted by molar-refractivity contribution is -0.131. The highest BCUT2D eigenvalue weighted by molar-refractivity contribution is 5.81. The fourth-order valence-corrected chi connectivity index (χ4v) is 2.98. The lowest BCUT2D eigenvalue weighted by Crippen LogP contribution is -2.54. The third-order valence-corrected chi connectivity index (χ3v) is 4.16. The zero-order valence-corrected chi connectivity index (χ0v) is 12.1. The molecule has 0 aromatic heterocycles. The summed E-state index contributed by atoms with van der Waals surface area (Å²) < 4.78 is 0. The molecule has 0 saturated heterocycles. The molecular formula is C15H24O4. The van der Waals surface area contributed by atoms with Gasteiger partial charge in [-0.05, 0) is 36.7 Å². The summed E-state index contributed by atoms with van der Waals surface area (Å²) in [5.74, 6) is -1.08. The summed E-state index contributed by atoms with van der Waals surface area (Å²) in [7, 11) is 0. The Morgan fingerprint density at radius 2 is 1.95 bits per heavy atom. The van der Waals surface area contributed by atoms with E-state index in [1.165, 1.54) is 0 Å². The Bertz CT molecular complexity index is 408. The second-order valence-corrected chi connectivity index (χ2v) is 6.26. The highest BCUT2D eigenvalue weighted by Gasteiger charge is 2.50. The molecule has 3 N–H and O–H groups in total. The number of aliphatic hydroxyl groups is 2. The van der Waals surface area contributed by atoms with Crippen molar-refractivity contribution in [3.8, 4) is 0 Å². The average molecular weight is 268 g/mol. The number of carbonyl (C=O) groups is 1. The van der Waals surface area contributed by atoms with Crippen LogP contribution in [-0.2, 0) is 4.79 Å². The Balaban J connectivity index is 3.01. The van der Waals surface area contributed by atoms with E-state index in [0.29, 0.717) is 18.4 Å². The van der Waals surface area contributed by atoms with Crippen LogP contribution < -0.4 is 0 Å². The molecule has 0 heterocycles. The predicted octanol–water partition coefficient (Wildman–Crippen LogP) is 2.12. The zero-order valence-electron chi connectivity index (χ0n) is 12.1. The Labute approximate surface area is 114 Å². The Morgan fingerprint density at radius 1 is 1.37 bits per heavy atom. The monoisotopic (exact) mass is 268 g/mol. The first-order valence-corrected chi connectivity index (χ1v) is 6.59. The second kappa shape index (κ2) is 5.47. The van der Waals surface area contributed by atoms with Gasteiger partial charge in [0.25, 0.3) is 0 Å². The van der Waals surface area contributed by atoms with Crippen LogP contribution in [0.1, 0.15) is 40.5 Å². The molecule has 1 aliphatic rings. The van der Waals surface area contributed by atoms with Crippen LogP contribution in [-0.4, -0.2) is 33.0 Å². The van der Waals surface area contributed by atoms with Gasteiger partial charge in [-0.15, -0.1) is 0 Å². The van der Waals surface area contributed by atoms with Crippen molar-refractivity contribution in [2.45, 2.75) is 52.2 Å². The van der Waals surface area contributed by atoms with Gasteiger partial charge in [0.15, 0.2) is 0 Å². The maximum atomic E-state index is 10.9. The van der Waals surface area contributed by atoms with Crippen molar-refractivity contribution in [3.63, 3.8) is 0 Å². The van der Waals surface area contributed by atoms with Crippen LogP contribution in [0.5, 0.6) is 0 Å². The summed E-state index contributed by atoms with van der Waals surface area (Å²) in [6.45, 7) is 7.44. The summed E-state index contributed by atoms with van der Waals surface area (Å²) in [4.78, 5) is 10.6. The summed E-state index contributed by atoms with van der Waals surface area (Å²) in [5.41, 5.74) is -0.917. The number of aliphatic hydroxyl groups excluding tert-OH is 1. The fraction of sp³-hybridized carbons (Fsp3) is 0.667. The summed E-state index contributed by atoms with van der Waals surface area (Å²) in [5, 5.41) is 29.4. The van der Waals surface area contributed by atoms with E-state index < -0.39 is 23.1 Å². The lowest BCUT2D eigenvalue weighted by atomic mass is 9.60. The quantitative estimate of drug-likeness (QED) is 0.541. The molecule has 0 aromatic carbocycles. The van der Waals surface area contributed by atoms with Crippen LogP contribution in [0.2, 0.25) is 0 Å². The third-order valence-electron chi connectivity index (χ3n) is 4.16. The number of rotatable bonds is 3. The van der Waals surface area contributed by atoms with Crippen LogP contribution in [0.3, 0.4) is 0 Å². The number of carboxylic acid groups (broad SMARTS) is 1. The van der Waals surface area contributed by atoms with Crippen molar-refractivity contribution in [1.82, 2.24) is 0 Å². The molecule has 0 spiro atoms. The smallest absolute Gasteiger partial charge is 0.328 e. The molecule has 4 heteroatoms. The van der Waals surface area contributed by atoms with E-state index in [9.17, 15) is 15.0 Å². The Morgan fingerprint density at radius 3 is 2.42 bits per heavy atom. The minimum absolute atomic E-state index is 0.0832. The first-order valence-electron chi connectivity index (χ1n) is 6.59. The van der Waals surface area contributed by atoms with E-state index >= 15 is 0 Å². The van der Waals surface area contributed by atoms with Crippen molar-refractivity contribution < 1.29 is 20.1 Å². The van der Waals surface area contributed by atoms with Gasteiger partial charge in [0, 0.05) is 6.08 Å². The molecule has 3 unspecified atom stereocenters. The van der Waals surface area contributed by atoms with Gasteiger partial charge in [-0.1, -0.05) is 32.9 Å². The van der Waals surface area contributed by atoms with Gasteiger partial charge in [-0.2, -0.15) is 0 Å². The molecule has 1 saturated carbocycles. The highest BCUT2D eigenvalue weighted by atomic mass is 16.4. The average Bonchev–Trinajstić information content (AvgIpc) is 2.21. The molecule has 0 amide bonds. The maximum absolute atomic E-state index is 10.9. The SMILES string of the molecule is CC(C=CC1(O)C(C)CC(O)CC1(C)C)=CC(=O)O. The zero-order chi connectivity index (χ0) is 14.8. The van der Waals surface area contributed by atoms with Gasteiger partial charge in [-0.3, -0.25) is 0 Å². The Hall–Kier alpha value is -1.13. The molecule has 0 radical (unpaired) electrons. The van der Waals surface area contributed by atoms with E-state index in [4.69, 9.17) is 5.11 Å². The van der Waals surface area contributed by atoms with E-state index in [-0.39, 0.29) is 5.92 Å². The summed E-state index contributed by atoms with van der Waals surface area (Å²) >= 11 is 0. The molecular weight excluding hydrogens is 244 g/mol. The van der Waals surface area contributed by atoms with Crippen molar-refractivity contribution in [1.29, 1.82) is 0 Å². The standard InChI is InChI=1S/C15H24O4/c1-10(7-13(17)18)5-6-15(19)11(2)8-12(16)9-14(15,3)4/h5-7,11-12,16,19H,8-9H2,1-4H3,(H,17,18). The topological polar surface area (TPSA) is 77.8 Å².